The summed E-state index contributed by atoms with van der Waals surface area (Å²) in [7, 11) is 2.22. The molecule has 136 valence electrons. The summed E-state index contributed by atoms with van der Waals surface area (Å²) in [5.74, 6) is 1.20. The van der Waals surface area contributed by atoms with Crippen LogP contribution in [-0.2, 0) is 11.0 Å². The molecule has 0 saturated carbocycles. The number of aromatic amines is 1. The average molecular weight is 372 g/mol. The molecule has 0 spiro atoms. The predicted octanol–water partition coefficient (Wildman–Crippen LogP) is 0.566. The zero-order valence-electron chi connectivity index (χ0n) is 14.5. The molecule has 10 heteroatoms. The molecule has 2 aromatic heterocycles. The summed E-state index contributed by atoms with van der Waals surface area (Å²) in [6, 6.07) is 9.28. The number of rotatable bonds is 7. The van der Waals surface area contributed by atoms with E-state index >= 15 is 0 Å². The lowest BCUT2D eigenvalue weighted by atomic mass is 10.0. The van der Waals surface area contributed by atoms with Gasteiger partial charge in [-0.15, -0.1) is 10.2 Å². The van der Waals surface area contributed by atoms with E-state index in [1.165, 1.54) is 0 Å². The van der Waals surface area contributed by atoms with E-state index in [0.29, 0.717) is 16.3 Å². The van der Waals surface area contributed by atoms with Gasteiger partial charge >= 0.3 is 0 Å². The van der Waals surface area contributed by atoms with Gasteiger partial charge < -0.3 is 10.2 Å². The third kappa shape index (κ3) is 3.77. The van der Waals surface area contributed by atoms with Crippen LogP contribution in [0, 0.1) is 0 Å². The number of nitrogens with two attached hydrogens (primary N) is 1. The van der Waals surface area contributed by atoms with Gasteiger partial charge in [-0.25, -0.2) is 14.3 Å². The Labute approximate surface area is 153 Å². The van der Waals surface area contributed by atoms with E-state index in [-0.39, 0.29) is 0 Å². The topological polar surface area (TPSA) is 126 Å². The minimum absolute atomic E-state index is 0.338. The van der Waals surface area contributed by atoms with Crippen molar-refractivity contribution in [3.8, 4) is 22.5 Å². The second-order valence-corrected chi connectivity index (χ2v) is 6.68. The van der Waals surface area contributed by atoms with Gasteiger partial charge in [0.1, 0.15) is 16.8 Å². The minimum Gasteiger partial charge on any atom is -0.358 e. The summed E-state index contributed by atoms with van der Waals surface area (Å²) in [4.78, 5) is 7.04. The minimum atomic E-state index is -1.68. The third-order valence-electron chi connectivity index (χ3n) is 3.96. The molecule has 1 atom stereocenters. The summed E-state index contributed by atoms with van der Waals surface area (Å²) < 4.78 is 12.0. The number of hydrogen-bond donors (Lipinski definition) is 3. The van der Waals surface area contributed by atoms with Gasteiger partial charge in [0, 0.05) is 37.5 Å². The zero-order chi connectivity index (χ0) is 18.5. The highest BCUT2D eigenvalue weighted by atomic mass is 32.2. The third-order valence-corrected chi connectivity index (χ3v) is 4.73. The number of H-pyrrole nitrogens is 1. The lowest BCUT2D eigenvalue weighted by molar-refractivity contribution is 0.684. The van der Waals surface area contributed by atoms with Crippen molar-refractivity contribution in [2.75, 3.05) is 32.1 Å². The Hall–Kier alpha value is -2.69. The maximum atomic E-state index is 12.0. The maximum absolute atomic E-state index is 12.0. The first-order valence-electron chi connectivity index (χ1n) is 7.97. The van der Waals surface area contributed by atoms with Gasteiger partial charge in [-0.05, 0) is 36.0 Å². The number of benzene rings is 1. The average Bonchev–Trinajstić information content (AvgIpc) is 3.20. The quantitative estimate of drug-likeness (QED) is 0.553. The van der Waals surface area contributed by atoms with Gasteiger partial charge in [0.05, 0.1) is 4.90 Å². The first-order valence-corrected chi connectivity index (χ1v) is 9.18. The van der Waals surface area contributed by atoms with Gasteiger partial charge in [-0.1, -0.05) is 12.1 Å². The molecule has 0 aliphatic heterocycles. The molecule has 9 nitrogen and oxygen atoms in total. The molecule has 0 aliphatic carbocycles. The van der Waals surface area contributed by atoms with Crippen molar-refractivity contribution in [3.05, 3.63) is 36.5 Å². The van der Waals surface area contributed by atoms with Crippen molar-refractivity contribution in [2.24, 2.45) is 5.14 Å². The fraction of sp³-hybridized carbons (Fsp3) is 0.250. The van der Waals surface area contributed by atoms with E-state index in [4.69, 9.17) is 5.14 Å². The fourth-order valence-electron chi connectivity index (χ4n) is 2.60. The molecule has 0 fully saturated rings. The highest BCUT2D eigenvalue weighted by Crippen LogP contribution is 2.34. The van der Waals surface area contributed by atoms with E-state index in [1.807, 2.05) is 32.3 Å². The Balaban J connectivity index is 2.02. The normalized spacial score (nSPS) is 12.1. The highest BCUT2D eigenvalue weighted by Gasteiger charge is 2.18. The number of nitrogens with zero attached hydrogens (tertiary/aromatic N) is 5. The Morgan fingerprint density at radius 2 is 2.15 bits per heavy atom. The number of pyridine rings is 1. The SMILES string of the molecule is CNCCN(C)c1ccc(-c2cccc(S(N)=O)c2-c2nn[nH]n2)cn1. The first-order chi connectivity index (χ1) is 12.6. The van der Waals surface area contributed by atoms with Crippen molar-refractivity contribution in [2.45, 2.75) is 4.90 Å². The van der Waals surface area contributed by atoms with Crippen LogP contribution in [0.4, 0.5) is 5.82 Å². The van der Waals surface area contributed by atoms with E-state index in [0.717, 1.165) is 30.0 Å². The predicted molar refractivity (Wildman–Crippen MR) is 101 cm³/mol. The summed E-state index contributed by atoms with van der Waals surface area (Å²) in [5.41, 5.74) is 2.22. The molecule has 0 aliphatic rings. The number of anilines is 1. The van der Waals surface area contributed by atoms with Crippen LogP contribution in [0.1, 0.15) is 0 Å². The Kier molecular flexibility index (Phi) is 5.66. The van der Waals surface area contributed by atoms with E-state index in [9.17, 15) is 4.21 Å². The van der Waals surface area contributed by atoms with Gasteiger partial charge in [-0.2, -0.15) is 5.21 Å². The Bertz CT molecular complexity index is 882. The van der Waals surface area contributed by atoms with E-state index < -0.39 is 11.0 Å². The molecule has 0 bridgehead atoms. The van der Waals surface area contributed by atoms with Crippen molar-refractivity contribution in [3.63, 3.8) is 0 Å². The highest BCUT2D eigenvalue weighted by molar-refractivity contribution is 7.82. The van der Waals surface area contributed by atoms with Crippen LogP contribution in [0.2, 0.25) is 0 Å². The molecule has 3 aromatic rings. The van der Waals surface area contributed by atoms with Crippen molar-refractivity contribution < 1.29 is 4.21 Å². The van der Waals surface area contributed by atoms with Crippen LogP contribution in [0.15, 0.2) is 41.4 Å². The standard InChI is InChI=1S/C16H20N8OS/c1-18-8-9-24(2)14-7-6-11(10-19-14)12-4-3-5-13(26(17)25)15(12)16-20-22-23-21-16/h3-7,10,18H,8-9,17H2,1-2H3,(H,20,21,22,23). The molecular formula is C16H20N8OS. The number of aromatic nitrogens is 5. The van der Waals surface area contributed by atoms with Crippen LogP contribution in [0.5, 0.6) is 0 Å². The fourth-order valence-corrected chi connectivity index (χ4v) is 3.22. The largest absolute Gasteiger partial charge is 0.358 e. The molecular weight excluding hydrogens is 352 g/mol. The van der Waals surface area contributed by atoms with Crippen LogP contribution >= 0.6 is 0 Å². The van der Waals surface area contributed by atoms with Gasteiger partial charge in [0.25, 0.3) is 0 Å². The number of hydrogen-bond acceptors (Lipinski definition) is 7. The molecule has 4 N–H and O–H groups in total. The molecule has 1 unspecified atom stereocenters. The summed E-state index contributed by atoms with van der Waals surface area (Å²) in [6.45, 7) is 1.71. The smallest absolute Gasteiger partial charge is 0.206 e. The van der Waals surface area contributed by atoms with E-state index in [1.54, 1.807) is 18.3 Å². The summed E-state index contributed by atoms with van der Waals surface area (Å²) in [5, 5.41) is 22.8. The second-order valence-electron chi connectivity index (χ2n) is 5.64. The lowest BCUT2D eigenvalue weighted by Crippen LogP contribution is -2.27. The number of nitrogens with one attached hydrogen (secondary N) is 2. The first kappa shape index (κ1) is 18.1. The van der Waals surface area contributed by atoms with Gasteiger partial charge in [0.2, 0.25) is 5.82 Å². The molecule has 0 radical (unpaired) electrons. The molecule has 1 aromatic carbocycles. The van der Waals surface area contributed by atoms with Crippen LogP contribution in [0.25, 0.3) is 22.5 Å². The van der Waals surface area contributed by atoms with Crippen LogP contribution < -0.4 is 15.4 Å². The zero-order valence-corrected chi connectivity index (χ0v) is 15.3. The van der Waals surface area contributed by atoms with Crippen LogP contribution in [0.3, 0.4) is 0 Å². The van der Waals surface area contributed by atoms with Gasteiger partial charge in [-0.3, -0.25) is 0 Å². The van der Waals surface area contributed by atoms with Crippen molar-refractivity contribution >= 4 is 16.8 Å². The maximum Gasteiger partial charge on any atom is 0.206 e. The number of tetrazole rings is 1. The second kappa shape index (κ2) is 8.13. The molecule has 2 heterocycles. The van der Waals surface area contributed by atoms with Crippen LogP contribution in [-0.4, -0.2) is 57.0 Å². The molecule has 0 saturated heterocycles. The van der Waals surface area contributed by atoms with Crippen molar-refractivity contribution in [1.29, 1.82) is 0 Å². The summed E-state index contributed by atoms with van der Waals surface area (Å²) >= 11 is 0. The van der Waals surface area contributed by atoms with Gasteiger partial charge in [0.15, 0.2) is 0 Å². The lowest BCUT2D eigenvalue weighted by Gasteiger charge is -2.18. The number of likely N-dealkylation sites (N-methyl/N-ethyl adjacent to an activating group) is 2. The summed E-state index contributed by atoms with van der Waals surface area (Å²) in [6.07, 6.45) is 1.77. The Morgan fingerprint density at radius 3 is 2.77 bits per heavy atom. The Morgan fingerprint density at radius 1 is 1.31 bits per heavy atom. The molecule has 26 heavy (non-hydrogen) atoms. The van der Waals surface area contributed by atoms with Crippen molar-refractivity contribution in [1.82, 2.24) is 30.9 Å². The van der Waals surface area contributed by atoms with E-state index in [2.05, 4.69) is 35.8 Å². The molecule has 0 amide bonds. The monoisotopic (exact) mass is 372 g/mol. The molecule has 3 rings (SSSR count).